The molecular formula is C27H36FN3O3. The second kappa shape index (κ2) is 10.4. The number of aliphatic hydroxyl groups excluding tert-OH is 1. The number of aliphatic hydroxyl groups is 1. The summed E-state index contributed by atoms with van der Waals surface area (Å²) in [5.74, 6) is 0.647. The van der Waals surface area contributed by atoms with Gasteiger partial charge in [0.15, 0.2) is 0 Å². The van der Waals surface area contributed by atoms with Gasteiger partial charge < -0.3 is 20.5 Å². The minimum Gasteiger partial charge on any atom is -0.471 e. The van der Waals surface area contributed by atoms with Gasteiger partial charge in [-0.05, 0) is 67.3 Å². The largest absolute Gasteiger partial charge is 0.471 e. The zero-order valence-corrected chi connectivity index (χ0v) is 20.3. The molecule has 0 bridgehead atoms. The van der Waals surface area contributed by atoms with E-state index in [0.717, 1.165) is 43.2 Å². The number of halogens is 1. The molecule has 34 heavy (non-hydrogen) atoms. The van der Waals surface area contributed by atoms with E-state index < -0.39 is 12.1 Å². The van der Waals surface area contributed by atoms with Crippen molar-refractivity contribution < 1.29 is 19.0 Å². The predicted molar refractivity (Wildman–Crippen MR) is 129 cm³/mol. The molecule has 0 unspecified atom stereocenters. The van der Waals surface area contributed by atoms with Gasteiger partial charge in [0.1, 0.15) is 11.4 Å². The van der Waals surface area contributed by atoms with Crippen LogP contribution in [-0.4, -0.2) is 40.3 Å². The number of ether oxygens (including phenoxy) is 1. The van der Waals surface area contributed by atoms with Gasteiger partial charge in [0.05, 0.1) is 12.1 Å². The molecule has 184 valence electrons. The number of pyridine rings is 1. The average Bonchev–Trinajstić information content (AvgIpc) is 2.75. The molecule has 1 saturated carbocycles. The summed E-state index contributed by atoms with van der Waals surface area (Å²) >= 11 is 0. The van der Waals surface area contributed by atoms with Crippen molar-refractivity contribution in [2.45, 2.75) is 83.1 Å². The van der Waals surface area contributed by atoms with Gasteiger partial charge >= 0.3 is 0 Å². The molecule has 1 aliphatic carbocycles. The van der Waals surface area contributed by atoms with Crippen molar-refractivity contribution in [2.24, 2.45) is 5.92 Å². The summed E-state index contributed by atoms with van der Waals surface area (Å²) in [6, 6.07) is 7.91. The van der Waals surface area contributed by atoms with E-state index in [-0.39, 0.29) is 29.9 Å². The molecule has 2 aromatic rings. The molecule has 2 aliphatic rings. The van der Waals surface area contributed by atoms with E-state index in [1.807, 2.05) is 6.20 Å². The summed E-state index contributed by atoms with van der Waals surface area (Å²) in [5, 5.41) is 17.4. The third-order valence-corrected chi connectivity index (χ3v) is 6.88. The highest BCUT2D eigenvalue weighted by Crippen LogP contribution is 2.48. The first-order chi connectivity index (χ1) is 16.2. The Morgan fingerprint density at radius 1 is 1.26 bits per heavy atom. The maximum atomic E-state index is 13.7. The highest BCUT2D eigenvalue weighted by atomic mass is 19.1. The third kappa shape index (κ3) is 5.94. The minimum absolute atomic E-state index is 0.00506. The average molecular weight is 470 g/mol. The zero-order valence-electron chi connectivity index (χ0n) is 20.3. The molecule has 7 heteroatoms. The Morgan fingerprint density at radius 2 is 2.06 bits per heavy atom. The quantitative estimate of drug-likeness (QED) is 0.519. The van der Waals surface area contributed by atoms with Crippen LogP contribution < -0.4 is 15.4 Å². The van der Waals surface area contributed by atoms with Crippen LogP contribution in [0.3, 0.4) is 0 Å². The molecule has 6 nitrogen and oxygen atoms in total. The summed E-state index contributed by atoms with van der Waals surface area (Å²) in [5.41, 5.74) is 2.76. The lowest BCUT2D eigenvalue weighted by Crippen LogP contribution is -2.52. The van der Waals surface area contributed by atoms with Crippen molar-refractivity contribution in [3.05, 3.63) is 59.0 Å². The number of hydrogen-bond acceptors (Lipinski definition) is 5. The number of nitrogens with zero attached hydrogens (tertiary/aromatic N) is 1. The Kier molecular flexibility index (Phi) is 7.53. The molecule has 1 amide bonds. The highest BCUT2D eigenvalue weighted by molar-refractivity contribution is 5.73. The van der Waals surface area contributed by atoms with Crippen LogP contribution in [0.15, 0.2) is 36.5 Å². The normalized spacial score (nSPS) is 20.2. The van der Waals surface area contributed by atoms with E-state index in [0.29, 0.717) is 18.2 Å². The fourth-order valence-corrected chi connectivity index (χ4v) is 5.09. The molecule has 2 heterocycles. The second-order valence-corrected chi connectivity index (χ2v) is 10.3. The van der Waals surface area contributed by atoms with Crippen LogP contribution in [-0.2, 0) is 17.6 Å². The van der Waals surface area contributed by atoms with Crippen molar-refractivity contribution in [3.8, 4) is 5.88 Å². The number of benzene rings is 1. The monoisotopic (exact) mass is 469 g/mol. The third-order valence-electron chi connectivity index (χ3n) is 6.88. The topological polar surface area (TPSA) is 83.5 Å². The van der Waals surface area contributed by atoms with Gasteiger partial charge in [-0.25, -0.2) is 9.37 Å². The van der Waals surface area contributed by atoms with Gasteiger partial charge in [-0.2, -0.15) is 0 Å². The van der Waals surface area contributed by atoms with Crippen LogP contribution in [0, 0.1) is 11.7 Å². The number of fused-ring (bicyclic) bond motifs is 1. The molecule has 0 saturated heterocycles. The molecule has 0 radical (unpaired) electrons. The molecule has 1 fully saturated rings. The van der Waals surface area contributed by atoms with Crippen molar-refractivity contribution in [2.75, 3.05) is 6.54 Å². The van der Waals surface area contributed by atoms with E-state index in [2.05, 4.69) is 35.5 Å². The molecule has 4 rings (SSSR count). The molecular weight excluding hydrogens is 433 g/mol. The molecule has 3 atom stereocenters. The van der Waals surface area contributed by atoms with Gasteiger partial charge in [-0.1, -0.05) is 26.0 Å². The molecule has 1 spiro atoms. The number of rotatable bonds is 9. The van der Waals surface area contributed by atoms with Crippen LogP contribution >= 0.6 is 0 Å². The Labute approximate surface area is 201 Å². The Morgan fingerprint density at radius 3 is 2.71 bits per heavy atom. The predicted octanol–water partition coefficient (Wildman–Crippen LogP) is 3.86. The van der Waals surface area contributed by atoms with E-state index in [4.69, 9.17) is 4.74 Å². The first-order valence-electron chi connectivity index (χ1n) is 12.3. The minimum atomic E-state index is -0.845. The highest BCUT2D eigenvalue weighted by Gasteiger charge is 2.46. The number of aromatic nitrogens is 1. The molecule has 3 N–H and O–H groups in total. The van der Waals surface area contributed by atoms with Crippen molar-refractivity contribution in [3.63, 3.8) is 0 Å². The van der Waals surface area contributed by atoms with Gasteiger partial charge in [0.2, 0.25) is 11.8 Å². The lowest BCUT2D eigenvalue weighted by Gasteiger charge is -2.47. The van der Waals surface area contributed by atoms with Crippen molar-refractivity contribution >= 4 is 5.91 Å². The van der Waals surface area contributed by atoms with Crippen LogP contribution in [0.5, 0.6) is 5.88 Å². The maximum absolute atomic E-state index is 13.7. The lowest BCUT2D eigenvalue weighted by atomic mass is 9.73. The Hall–Kier alpha value is -2.51. The Balaban J connectivity index is 1.49. The molecule has 1 aromatic carbocycles. The first kappa shape index (κ1) is 24.6. The summed E-state index contributed by atoms with van der Waals surface area (Å²) in [4.78, 5) is 16.4. The van der Waals surface area contributed by atoms with E-state index >= 15 is 0 Å². The fourth-order valence-electron chi connectivity index (χ4n) is 5.09. The molecule has 1 aliphatic heterocycles. The zero-order chi connectivity index (χ0) is 24.3. The summed E-state index contributed by atoms with van der Waals surface area (Å²) < 4.78 is 20.0. The smallest absolute Gasteiger partial charge is 0.218 e. The van der Waals surface area contributed by atoms with Crippen LogP contribution in [0.25, 0.3) is 0 Å². The summed E-state index contributed by atoms with van der Waals surface area (Å²) in [7, 11) is 0. The number of carbonyl (C=O) groups is 1. The van der Waals surface area contributed by atoms with E-state index in [1.54, 1.807) is 12.1 Å². The van der Waals surface area contributed by atoms with Gasteiger partial charge in [-0.15, -0.1) is 0 Å². The standard InChI is InChI=1S/C27H36FN3O3/c1-17(2)10-20-12-22-24(14-27(8-5-9-27)34-26(22)30-15-20)29-16-25(33)23(31-18(3)32)13-19-6-4-7-21(28)11-19/h4,6-7,11-12,15,17,23-25,29,33H,5,8-10,13-14,16H2,1-3H3,(H,31,32)/t23-,24-,25-/m0/s1. The van der Waals surface area contributed by atoms with Gasteiger partial charge in [-0.3, -0.25) is 4.79 Å². The lowest BCUT2D eigenvalue weighted by molar-refractivity contribution is -0.120. The van der Waals surface area contributed by atoms with Crippen molar-refractivity contribution in [1.29, 1.82) is 0 Å². The number of nitrogens with one attached hydrogen (secondary N) is 2. The molecule has 1 aromatic heterocycles. The summed E-state index contributed by atoms with van der Waals surface area (Å²) in [6.45, 7) is 6.09. The second-order valence-electron chi connectivity index (χ2n) is 10.3. The Bertz CT molecular complexity index is 1010. The van der Waals surface area contributed by atoms with Gasteiger partial charge in [0.25, 0.3) is 0 Å². The number of hydrogen-bond donors (Lipinski definition) is 3. The SMILES string of the molecule is CC(=O)N[C@@H](Cc1cccc(F)c1)[C@@H](O)CN[C@H]1CC2(CCC2)Oc2ncc(CC(C)C)cc21. The van der Waals surface area contributed by atoms with Gasteiger partial charge in [0, 0.05) is 37.7 Å². The number of amides is 1. The fraction of sp³-hybridized carbons (Fsp3) is 0.556. The number of carbonyl (C=O) groups excluding carboxylic acids is 1. The first-order valence-corrected chi connectivity index (χ1v) is 12.3. The maximum Gasteiger partial charge on any atom is 0.218 e. The van der Waals surface area contributed by atoms with Crippen LogP contribution in [0.4, 0.5) is 4.39 Å². The van der Waals surface area contributed by atoms with Crippen LogP contribution in [0.2, 0.25) is 0 Å². The van der Waals surface area contributed by atoms with Crippen molar-refractivity contribution in [1.82, 2.24) is 15.6 Å². The van der Waals surface area contributed by atoms with E-state index in [1.165, 1.54) is 24.6 Å². The van der Waals surface area contributed by atoms with Crippen LogP contribution in [0.1, 0.15) is 69.2 Å². The summed E-state index contributed by atoms with van der Waals surface area (Å²) in [6.07, 6.45) is 6.35. The van der Waals surface area contributed by atoms with E-state index in [9.17, 15) is 14.3 Å².